The molecule has 2 saturated heterocycles. The maximum absolute atomic E-state index is 14.0. The molecule has 348 valence electrons. The van der Waals surface area contributed by atoms with E-state index in [0.717, 1.165) is 13.0 Å². The van der Waals surface area contributed by atoms with E-state index < -0.39 is 29.6 Å². The summed E-state index contributed by atoms with van der Waals surface area (Å²) < 4.78 is 16.0. The summed E-state index contributed by atoms with van der Waals surface area (Å²) in [4.78, 5) is 95.4. The molecule has 6 heterocycles. The Kier molecular flexibility index (Phi) is 13.4. The first kappa shape index (κ1) is 46.3. The first-order valence-electron chi connectivity index (χ1n) is 21.6. The number of aromatic nitrogens is 3. The zero-order valence-electron chi connectivity index (χ0n) is 37.8. The second kappa shape index (κ2) is 18.8. The molecule has 0 bridgehead atoms. The van der Waals surface area contributed by atoms with Crippen molar-refractivity contribution in [1.29, 1.82) is 0 Å². The first-order valence-corrected chi connectivity index (χ1v) is 21.6. The zero-order valence-corrected chi connectivity index (χ0v) is 37.8. The van der Waals surface area contributed by atoms with E-state index in [0.29, 0.717) is 67.2 Å². The molecule has 0 saturated carbocycles. The summed E-state index contributed by atoms with van der Waals surface area (Å²) in [6.07, 6.45) is 6.72. The maximum Gasteiger partial charge on any atom is 0.404 e. The van der Waals surface area contributed by atoms with Crippen molar-refractivity contribution >= 4 is 58.4 Å². The number of amides is 5. The molecule has 3 aliphatic heterocycles. The van der Waals surface area contributed by atoms with Gasteiger partial charge in [-0.3, -0.25) is 28.8 Å². The van der Waals surface area contributed by atoms with Crippen LogP contribution in [0.15, 0.2) is 59.3 Å². The Hall–Kier alpha value is -6.71. The van der Waals surface area contributed by atoms with E-state index in [-0.39, 0.29) is 76.8 Å². The van der Waals surface area contributed by atoms with Crippen molar-refractivity contribution in [3.63, 3.8) is 0 Å². The Morgan fingerprint density at radius 1 is 0.815 bits per heavy atom. The Morgan fingerprint density at radius 2 is 1.40 bits per heavy atom. The van der Waals surface area contributed by atoms with Gasteiger partial charge in [0.05, 0.1) is 40.4 Å². The van der Waals surface area contributed by atoms with Crippen molar-refractivity contribution < 1.29 is 43.0 Å². The van der Waals surface area contributed by atoms with Crippen LogP contribution in [0, 0.1) is 5.92 Å². The van der Waals surface area contributed by atoms with Gasteiger partial charge in [-0.2, -0.15) is 0 Å². The molecule has 0 radical (unpaired) electrons. The number of aryl methyl sites for hydroxylation is 3. The number of ketones is 2. The molecule has 5 amide bonds. The number of piperazine rings is 1. The van der Waals surface area contributed by atoms with Gasteiger partial charge < -0.3 is 70.6 Å². The van der Waals surface area contributed by atoms with Crippen molar-refractivity contribution in [3.05, 3.63) is 76.4 Å². The van der Waals surface area contributed by atoms with Gasteiger partial charge in [-0.15, -0.1) is 0 Å². The lowest BCUT2D eigenvalue weighted by molar-refractivity contribution is -0.137. The van der Waals surface area contributed by atoms with Crippen LogP contribution in [-0.2, 0) is 45.0 Å². The molecule has 0 aromatic carbocycles. The van der Waals surface area contributed by atoms with Crippen LogP contribution in [-0.4, -0.2) is 137 Å². The van der Waals surface area contributed by atoms with E-state index >= 15 is 0 Å². The van der Waals surface area contributed by atoms with Crippen molar-refractivity contribution in [2.24, 2.45) is 32.8 Å². The van der Waals surface area contributed by atoms with Crippen LogP contribution < -0.4 is 37.6 Å². The van der Waals surface area contributed by atoms with E-state index in [1.165, 1.54) is 7.11 Å². The number of primary amides is 1. The number of ether oxygens (including phenoxy) is 2. The average Bonchev–Trinajstić information content (AvgIpc) is 3.55. The number of carbonyl (C=O) groups excluding carboxylic acids is 7. The van der Waals surface area contributed by atoms with Crippen LogP contribution in [0.5, 0.6) is 0 Å². The Labute approximate surface area is 376 Å². The topological polar surface area (TPSA) is 267 Å². The summed E-state index contributed by atoms with van der Waals surface area (Å²) in [5.74, 6) is -2.73. The molecule has 1 aliphatic carbocycles. The number of anilines is 3. The van der Waals surface area contributed by atoms with Gasteiger partial charge in [-0.05, 0) is 65.0 Å². The lowest BCUT2D eigenvalue weighted by Gasteiger charge is -2.39. The molecule has 0 unspecified atom stereocenters. The highest BCUT2D eigenvalue weighted by molar-refractivity contribution is 6.25. The molecule has 2 fully saturated rings. The van der Waals surface area contributed by atoms with Gasteiger partial charge in [0.25, 0.3) is 17.7 Å². The Balaban J connectivity index is 0.856. The van der Waals surface area contributed by atoms with Crippen LogP contribution in [0.1, 0.15) is 70.5 Å². The predicted octanol–water partition coefficient (Wildman–Crippen LogP) is 1.38. The standard InChI is InChI=1S/C44H58N12O9/c1-24-35(38(59)34-28(23-65-43(45)63)44(64-7)39-29(51-39)22-56(44)36(34)37(24)58)46-13-10-8-9-12-33(57)48-25-16-31(54(5)19-25)41(61)50-27-18-32(55(6)21-27)42(62)49-26-17-30(53(4)20-26)40(60)47-14-11-15-52(2)3/h16-21,28-29,39,46,51H,8-15,22-23H2,1-7H3,(H2,45,63)(H,47,60)(H,48,57)(H,49,62)(H,50,61)/t28-,29+,39+,44-/m1/s1. The molecule has 65 heavy (non-hydrogen) atoms. The SMILES string of the molecule is CO[C@@]12[C@H](COC(N)=O)C3=C(C(=O)C(C)=C(NCCCCCC(=O)Nc4cc(C(=O)Nc5cc(C(=O)Nc6cc(C(=O)NCCCN(C)C)n(C)c6)n(C)c5)n(C)c4)C3=O)N1C[C@@H]1N[C@@H]12. The minimum Gasteiger partial charge on any atom is -0.449 e. The fourth-order valence-electron chi connectivity index (χ4n) is 9.18. The third-order valence-corrected chi connectivity index (χ3v) is 12.4. The molecule has 21 nitrogen and oxygen atoms in total. The molecule has 21 heteroatoms. The monoisotopic (exact) mass is 898 g/mol. The Morgan fingerprint density at radius 3 is 1.97 bits per heavy atom. The highest BCUT2D eigenvalue weighted by Gasteiger charge is 2.72. The van der Waals surface area contributed by atoms with Crippen LogP contribution in [0.25, 0.3) is 0 Å². The molecule has 3 aromatic heterocycles. The quantitative estimate of drug-likeness (QED) is 0.0481. The predicted molar refractivity (Wildman–Crippen MR) is 239 cm³/mol. The molecular formula is C44H58N12O9. The number of hydrogen-bond donors (Lipinski definition) is 7. The number of rotatable bonds is 20. The number of carbonyl (C=O) groups is 7. The first-order chi connectivity index (χ1) is 30.9. The number of unbranched alkanes of at least 4 members (excludes halogenated alkanes) is 2. The van der Waals surface area contributed by atoms with Gasteiger partial charge in [-0.25, -0.2) is 4.79 Å². The van der Waals surface area contributed by atoms with Crippen LogP contribution in [0.3, 0.4) is 0 Å². The molecule has 0 spiro atoms. The molecule has 4 atom stereocenters. The summed E-state index contributed by atoms with van der Waals surface area (Å²) >= 11 is 0. The normalized spacial score (nSPS) is 20.7. The van der Waals surface area contributed by atoms with Gasteiger partial charge in [0.2, 0.25) is 17.5 Å². The highest BCUT2D eigenvalue weighted by Crippen LogP contribution is 2.55. The van der Waals surface area contributed by atoms with Crippen LogP contribution in [0.2, 0.25) is 0 Å². The second-order valence-electron chi connectivity index (χ2n) is 17.2. The van der Waals surface area contributed by atoms with Crippen molar-refractivity contribution in [3.8, 4) is 0 Å². The number of allylic oxidation sites excluding steroid dienone is 2. The van der Waals surface area contributed by atoms with Gasteiger partial charge in [0.15, 0.2) is 5.72 Å². The van der Waals surface area contributed by atoms with Gasteiger partial charge in [-0.1, -0.05) is 6.42 Å². The average molecular weight is 899 g/mol. The van der Waals surface area contributed by atoms with Crippen LogP contribution in [0.4, 0.5) is 21.9 Å². The molecule has 8 N–H and O–H groups in total. The van der Waals surface area contributed by atoms with E-state index in [4.69, 9.17) is 15.2 Å². The highest BCUT2D eigenvalue weighted by atomic mass is 16.6. The fourth-order valence-corrected chi connectivity index (χ4v) is 9.18. The lowest BCUT2D eigenvalue weighted by atomic mass is 9.82. The van der Waals surface area contributed by atoms with Gasteiger partial charge >= 0.3 is 6.09 Å². The number of hydrogen-bond acceptors (Lipinski definition) is 13. The number of methoxy groups -OCH3 is 1. The van der Waals surface area contributed by atoms with Crippen molar-refractivity contribution in [2.75, 3.05) is 69.9 Å². The number of fused-ring (bicyclic) bond motifs is 4. The summed E-state index contributed by atoms with van der Waals surface area (Å²) in [6.45, 7) is 3.62. The molecule has 7 rings (SSSR count). The third kappa shape index (κ3) is 9.29. The summed E-state index contributed by atoms with van der Waals surface area (Å²) in [5, 5.41) is 17.9. The van der Waals surface area contributed by atoms with Crippen LogP contribution >= 0.6 is 0 Å². The lowest BCUT2D eigenvalue weighted by Crippen LogP contribution is -2.55. The number of Topliss-reactive ketones (excluding diaryl/α,β-unsaturated/α-hetero) is 2. The third-order valence-electron chi connectivity index (χ3n) is 12.4. The zero-order chi connectivity index (χ0) is 46.9. The van der Waals surface area contributed by atoms with Crippen molar-refractivity contribution in [2.45, 2.75) is 56.8 Å². The van der Waals surface area contributed by atoms with Gasteiger partial charge in [0.1, 0.15) is 23.7 Å². The fraction of sp³-hybridized carbons (Fsp3) is 0.477. The van der Waals surface area contributed by atoms with Crippen molar-refractivity contribution in [1.82, 2.24) is 39.5 Å². The molecule has 3 aromatic rings. The smallest absolute Gasteiger partial charge is 0.404 e. The summed E-state index contributed by atoms with van der Waals surface area (Å²) in [7, 11) is 10.5. The summed E-state index contributed by atoms with van der Waals surface area (Å²) in [5.41, 5.74) is 7.47. The minimum atomic E-state index is -1.06. The second-order valence-corrected chi connectivity index (χ2v) is 17.2. The maximum atomic E-state index is 14.0. The van der Waals surface area contributed by atoms with E-state index in [2.05, 4.69) is 31.9 Å². The summed E-state index contributed by atoms with van der Waals surface area (Å²) in [6, 6.07) is 4.66. The number of nitrogens with zero attached hydrogens (tertiary/aromatic N) is 5. The number of nitrogens with one attached hydrogen (secondary N) is 6. The Bertz CT molecular complexity index is 2490. The van der Waals surface area contributed by atoms with E-state index in [9.17, 15) is 33.6 Å². The van der Waals surface area contributed by atoms with E-state index in [1.54, 1.807) is 78.6 Å². The largest absolute Gasteiger partial charge is 0.449 e. The van der Waals surface area contributed by atoms with Gasteiger partial charge in [0, 0.05) is 90.1 Å². The molecular weight excluding hydrogens is 841 g/mol. The number of nitrogens with two attached hydrogens (primary N) is 1. The van der Waals surface area contributed by atoms with E-state index in [1.807, 2.05) is 23.9 Å². The molecule has 4 aliphatic rings. The minimum absolute atomic E-state index is 0.0908.